The van der Waals surface area contributed by atoms with Gasteiger partial charge in [-0.15, -0.1) is 0 Å². The van der Waals surface area contributed by atoms with Crippen molar-refractivity contribution >= 4 is 29.1 Å². The Bertz CT molecular complexity index is 749. The van der Waals surface area contributed by atoms with Crippen molar-refractivity contribution in [3.05, 3.63) is 64.7 Å². The summed E-state index contributed by atoms with van der Waals surface area (Å²) in [5, 5.41) is 0.478. The minimum Gasteiger partial charge on any atom is -0.312 e. The fourth-order valence-corrected chi connectivity index (χ4v) is 2.80. The molecule has 1 N–H and O–H groups in total. The Morgan fingerprint density at radius 3 is 2.71 bits per heavy atom. The van der Waals surface area contributed by atoms with Gasteiger partial charge in [0.1, 0.15) is 0 Å². The van der Waals surface area contributed by atoms with Gasteiger partial charge in [-0.05, 0) is 30.2 Å². The number of hydrogen-bond donors (Lipinski definition) is 1. The Morgan fingerprint density at radius 2 is 2.00 bits per heavy atom. The Morgan fingerprint density at radius 1 is 1.21 bits per heavy atom. The van der Waals surface area contributed by atoms with Crippen LogP contribution < -0.4 is 10.4 Å². The van der Waals surface area contributed by atoms with E-state index in [1.807, 2.05) is 30.3 Å². The molecule has 5 nitrogen and oxygen atoms in total. The molecule has 3 rings (SSSR count). The van der Waals surface area contributed by atoms with Crippen LogP contribution in [-0.4, -0.2) is 18.4 Å². The molecule has 0 saturated carbocycles. The first-order valence-electron chi connectivity index (χ1n) is 7.71. The SMILES string of the molecule is O=C(NOCc1ccccc1)c1ccc(Cl)cc1N1CCCC1=O. The van der Waals surface area contributed by atoms with E-state index in [9.17, 15) is 9.59 Å². The van der Waals surface area contributed by atoms with Crippen molar-refractivity contribution < 1.29 is 14.4 Å². The summed E-state index contributed by atoms with van der Waals surface area (Å²) in [5.41, 5.74) is 4.26. The van der Waals surface area contributed by atoms with Gasteiger partial charge in [0.25, 0.3) is 5.91 Å². The highest BCUT2D eigenvalue weighted by Gasteiger charge is 2.26. The molecule has 1 aliphatic heterocycles. The van der Waals surface area contributed by atoms with Gasteiger partial charge in [-0.3, -0.25) is 14.4 Å². The van der Waals surface area contributed by atoms with Crippen LogP contribution in [0, 0.1) is 0 Å². The van der Waals surface area contributed by atoms with Gasteiger partial charge in [0.15, 0.2) is 0 Å². The summed E-state index contributed by atoms with van der Waals surface area (Å²) in [7, 11) is 0. The van der Waals surface area contributed by atoms with Gasteiger partial charge in [-0.25, -0.2) is 5.48 Å². The maximum Gasteiger partial charge on any atom is 0.276 e. The maximum atomic E-state index is 12.4. The summed E-state index contributed by atoms with van der Waals surface area (Å²) >= 11 is 6.03. The number of nitrogens with zero attached hydrogens (tertiary/aromatic N) is 1. The summed E-state index contributed by atoms with van der Waals surface area (Å²) in [6.07, 6.45) is 1.26. The number of halogens is 1. The van der Waals surface area contributed by atoms with E-state index >= 15 is 0 Å². The highest BCUT2D eigenvalue weighted by Crippen LogP contribution is 2.28. The van der Waals surface area contributed by atoms with Crippen molar-refractivity contribution in [1.29, 1.82) is 0 Å². The van der Waals surface area contributed by atoms with Crippen molar-refractivity contribution in [3.63, 3.8) is 0 Å². The van der Waals surface area contributed by atoms with Gasteiger partial charge in [0.05, 0.1) is 17.9 Å². The molecule has 24 heavy (non-hydrogen) atoms. The molecule has 0 aliphatic carbocycles. The third-order valence-electron chi connectivity index (χ3n) is 3.82. The topological polar surface area (TPSA) is 58.6 Å². The van der Waals surface area contributed by atoms with Crippen molar-refractivity contribution in [3.8, 4) is 0 Å². The molecule has 6 heteroatoms. The number of anilines is 1. The summed E-state index contributed by atoms with van der Waals surface area (Å²) in [6, 6.07) is 14.4. The third kappa shape index (κ3) is 3.75. The first-order chi connectivity index (χ1) is 11.6. The fourth-order valence-electron chi connectivity index (χ4n) is 2.64. The molecule has 0 radical (unpaired) electrons. The van der Waals surface area contributed by atoms with Crippen LogP contribution in [0.4, 0.5) is 5.69 Å². The maximum absolute atomic E-state index is 12.4. The average molecular weight is 345 g/mol. The van der Waals surface area contributed by atoms with E-state index in [2.05, 4.69) is 5.48 Å². The van der Waals surface area contributed by atoms with Crippen LogP contribution in [0.5, 0.6) is 0 Å². The molecule has 2 aromatic rings. The van der Waals surface area contributed by atoms with Gasteiger partial charge >= 0.3 is 0 Å². The predicted molar refractivity (Wildman–Crippen MR) is 91.7 cm³/mol. The molecule has 124 valence electrons. The molecule has 2 aromatic carbocycles. The lowest BCUT2D eigenvalue weighted by Crippen LogP contribution is -2.29. The van der Waals surface area contributed by atoms with E-state index in [1.165, 1.54) is 0 Å². The standard InChI is InChI=1S/C18H17ClN2O3/c19-14-8-9-15(16(11-14)21-10-4-7-17(21)22)18(23)20-24-12-13-5-2-1-3-6-13/h1-3,5-6,8-9,11H,4,7,10,12H2,(H,20,23). The molecule has 0 bridgehead atoms. The zero-order valence-corrected chi connectivity index (χ0v) is 13.8. The van der Waals surface area contributed by atoms with Gasteiger partial charge in [0.2, 0.25) is 5.91 Å². The highest BCUT2D eigenvalue weighted by atomic mass is 35.5. The lowest BCUT2D eigenvalue weighted by Gasteiger charge is -2.19. The van der Waals surface area contributed by atoms with Crippen molar-refractivity contribution in [1.82, 2.24) is 5.48 Å². The molecule has 0 atom stereocenters. The molecule has 0 unspecified atom stereocenters. The van der Waals surface area contributed by atoms with Crippen LogP contribution in [-0.2, 0) is 16.2 Å². The smallest absolute Gasteiger partial charge is 0.276 e. The number of hydroxylamine groups is 1. The van der Waals surface area contributed by atoms with Gasteiger partial charge in [0, 0.05) is 18.0 Å². The molecule has 2 amide bonds. The molecule has 1 heterocycles. The first-order valence-corrected chi connectivity index (χ1v) is 8.09. The van der Waals surface area contributed by atoms with E-state index in [-0.39, 0.29) is 12.5 Å². The van der Waals surface area contributed by atoms with Crippen LogP contribution in [0.25, 0.3) is 0 Å². The van der Waals surface area contributed by atoms with Crippen molar-refractivity contribution in [2.45, 2.75) is 19.4 Å². The van der Waals surface area contributed by atoms with Gasteiger partial charge in [-0.1, -0.05) is 41.9 Å². The molecular weight excluding hydrogens is 328 g/mol. The van der Waals surface area contributed by atoms with Gasteiger partial charge in [-0.2, -0.15) is 0 Å². The number of rotatable bonds is 5. The summed E-state index contributed by atoms with van der Waals surface area (Å²) in [6.45, 7) is 0.850. The van der Waals surface area contributed by atoms with Crippen molar-refractivity contribution in [2.24, 2.45) is 0 Å². The molecule has 0 aromatic heterocycles. The quantitative estimate of drug-likeness (QED) is 0.846. The van der Waals surface area contributed by atoms with E-state index < -0.39 is 5.91 Å². The minimum atomic E-state index is -0.405. The largest absolute Gasteiger partial charge is 0.312 e. The zero-order valence-electron chi connectivity index (χ0n) is 13.0. The Kier molecular flexibility index (Phi) is 5.13. The summed E-state index contributed by atoms with van der Waals surface area (Å²) < 4.78 is 0. The minimum absolute atomic E-state index is 0.00322. The fraction of sp³-hybridized carbons (Fsp3) is 0.222. The summed E-state index contributed by atoms with van der Waals surface area (Å²) in [4.78, 5) is 31.3. The molecule has 1 saturated heterocycles. The van der Waals surface area contributed by atoms with Crippen LogP contribution in [0.2, 0.25) is 5.02 Å². The van der Waals surface area contributed by atoms with E-state index in [1.54, 1.807) is 23.1 Å². The molecular formula is C18H17ClN2O3. The number of carbonyl (C=O) groups excluding carboxylic acids is 2. The van der Waals surface area contributed by atoms with Gasteiger partial charge < -0.3 is 4.90 Å². The second-order valence-corrected chi connectivity index (χ2v) is 5.95. The summed E-state index contributed by atoms with van der Waals surface area (Å²) in [5.74, 6) is -0.409. The lowest BCUT2D eigenvalue weighted by atomic mass is 10.1. The first kappa shape index (κ1) is 16.5. The Balaban J connectivity index is 1.71. The van der Waals surface area contributed by atoms with Crippen LogP contribution in [0.15, 0.2) is 48.5 Å². The average Bonchev–Trinajstić information content (AvgIpc) is 3.01. The number of hydrogen-bond acceptors (Lipinski definition) is 3. The number of nitrogens with one attached hydrogen (secondary N) is 1. The molecule has 0 spiro atoms. The third-order valence-corrected chi connectivity index (χ3v) is 4.05. The number of benzene rings is 2. The zero-order chi connectivity index (χ0) is 16.9. The second-order valence-electron chi connectivity index (χ2n) is 5.52. The molecule has 1 aliphatic rings. The normalized spacial score (nSPS) is 14.0. The van der Waals surface area contributed by atoms with E-state index in [0.29, 0.717) is 29.2 Å². The van der Waals surface area contributed by atoms with Crippen LogP contribution >= 0.6 is 11.6 Å². The number of carbonyl (C=O) groups is 2. The Labute approximate surface area is 145 Å². The van der Waals surface area contributed by atoms with Crippen LogP contribution in [0.3, 0.4) is 0 Å². The molecule has 1 fully saturated rings. The predicted octanol–water partition coefficient (Wildman–Crippen LogP) is 3.33. The van der Waals surface area contributed by atoms with Crippen LogP contribution in [0.1, 0.15) is 28.8 Å². The highest BCUT2D eigenvalue weighted by molar-refractivity contribution is 6.31. The second kappa shape index (κ2) is 7.47. The Hall–Kier alpha value is -2.37. The lowest BCUT2D eigenvalue weighted by molar-refractivity contribution is -0.117. The monoisotopic (exact) mass is 344 g/mol. The number of amides is 2. The van der Waals surface area contributed by atoms with E-state index in [4.69, 9.17) is 16.4 Å². The van der Waals surface area contributed by atoms with Crippen molar-refractivity contribution in [2.75, 3.05) is 11.4 Å². The van der Waals surface area contributed by atoms with E-state index in [0.717, 1.165) is 12.0 Å².